The minimum atomic E-state index is -3.97. The fourth-order valence-electron chi connectivity index (χ4n) is 2.50. The lowest BCUT2D eigenvalue weighted by Gasteiger charge is -2.13. The van der Waals surface area contributed by atoms with Gasteiger partial charge in [-0.05, 0) is 55.2 Å². The van der Waals surface area contributed by atoms with E-state index in [4.69, 9.17) is 0 Å². The van der Waals surface area contributed by atoms with Gasteiger partial charge in [0.1, 0.15) is 0 Å². The summed E-state index contributed by atoms with van der Waals surface area (Å²) in [4.78, 5) is 24.5. The molecule has 0 spiro atoms. The SMILES string of the molecule is Cc1ccnc([N-]S(=O)(=O)c2ccc(NC(=O)c3nc4ccccc4s3)cc2)n1. The van der Waals surface area contributed by atoms with Crippen molar-refractivity contribution in [3.8, 4) is 0 Å². The zero-order valence-electron chi connectivity index (χ0n) is 15.1. The third-order valence-electron chi connectivity index (χ3n) is 3.88. The number of para-hydroxylation sites is 1. The summed E-state index contributed by atoms with van der Waals surface area (Å²) in [6.07, 6.45) is 1.44. The Morgan fingerprint density at radius 3 is 2.52 bits per heavy atom. The molecule has 0 saturated carbocycles. The molecule has 0 aliphatic carbocycles. The smallest absolute Gasteiger partial charge is 0.284 e. The van der Waals surface area contributed by atoms with Gasteiger partial charge in [0, 0.05) is 11.6 Å². The molecule has 0 saturated heterocycles. The number of rotatable bonds is 5. The van der Waals surface area contributed by atoms with E-state index in [-0.39, 0.29) is 16.8 Å². The quantitative estimate of drug-likeness (QED) is 0.517. The van der Waals surface area contributed by atoms with Crippen LogP contribution in [0.2, 0.25) is 0 Å². The van der Waals surface area contributed by atoms with Gasteiger partial charge in [0.25, 0.3) is 5.91 Å². The molecule has 4 rings (SSSR count). The summed E-state index contributed by atoms with van der Waals surface area (Å²) in [6.45, 7) is 1.72. The molecule has 10 heteroatoms. The van der Waals surface area contributed by atoms with E-state index in [1.54, 1.807) is 13.0 Å². The predicted octanol–water partition coefficient (Wildman–Crippen LogP) is 4.04. The largest absolute Gasteiger partial charge is 0.366 e. The molecule has 2 heterocycles. The van der Waals surface area contributed by atoms with E-state index in [2.05, 4.69) is 25.0 Å². The maximum absolute atomic E-state index is 12.4. The lowest BCUT2D eigenvalue weighted by atomic mass is 10.3. The number of hydrogen-bond donors (Lipinski definition) is 1. The van der Waals surface area contributed by atoms with Gasteiger partial charge in [-0.25, -0.2) is 13.4 Å². The number of aromatic nitrogens is 3. The van der Waals surface area contributed by atoms with Gasteiger partial charge in [0.05, 0.1) is 15.1 Å². The number of aryl methyl sites for hydroxylation is 1. The molecule has 1 N–H and O–H groups in total. The van der Waals surface area contributed by atoms with Gasteiger partial charge in [0.15, 0.2) is 5.01 Å². The topological polar surface area (TPSA) is 116 Å². The van der Waals surface area contributed by atoms with E-state index in [1.807, 2.05) is 24.3 Å². The van der Waals surface area contributed by atoms with Gasteiger partial charge in [0.2, 0.25) is 10.0 Å². The second-order valence-electron chi connectivity index (χ2n) is 6.03. The summed E-state index contributed by atoms with van der Waals surface area (Å²) in [5.41, 5.74) is 1.81. The number of nitrogens with zero attached hydrogens (tertiary/aromatic N) is 4. The van der Waals surface area contributed by atoms with Crippen LogP contribution in [0.25, 0.3) is 14.9 Å². The maximum atomic E-state index is 12.4. The molecular formula is C19H14N5O3S2-. The highest BCUT2D eigenvalue weighted by molar-refractivity contribution is 7.94. The second kappa shape index (κ2) is 7.57. The van der Waals surface area contributed by atoms with Crippen molar-refractivity contribution in [3.05, 3.63) is 76.2 Å². The first-order chi connectivity index (χ1) is 13.9. The van der Waals surface area contributed by atoms with Crippen molar-refractivity contribution in [2.24, 2.45) is 0 Å². The fourth-order valence-corrected chi connectivity index (χ4v) is 4.25. The predicted molar refractivity (Wildman–Crippen MR) is 111 cm³/mol. The summed E-state index contributed by atoms with van der Waals surface area (Å²) in [5, 5.41) is 3.04. The van der Waals surface area contributed by atoms with Gasteiger partial charge in [-0.2, -0.15) is 0 Å². The minimum Gasteiger partial charge on any atom is -0.366 e. The van der Waals surface area contributed by atoms with Crippen molar-refractivity contribution in [1.82, 2.24) is 15.0 Å². The average molecular weight is 424 g/mol. The number of benzene rings is 2. The Labute approximate surface area is 170 Å². The molecule has 2 aromatic carbocycles. The highest BCUT2D eigenvalue weighted by atomic mass is 32.2. The van der Waals surface area contributed by atoms with Crippen LogP contribution in [0.5, 0.6) is 0 Å². The fraction of sp³-hybridized carbons (Fsp3) is 0.0526. The number of fused-ring (bicyclic) bond motifs is 1. The van der Waals surface area contributed by atoms with E-state index in [0.29, 0.717) is 16.4 Å². The Hall–Kier alpha value is -3.37. The number of thiazole rings is 1. The van der Waals surface area contributed by atoms with Gasteiger partial charge < -0.3 is 15.3 Å². The maximum Gasteiger partial charge on any atom is 0.284 e. The zero-order valence-corrected chi connectivity index (χ0v) is 16.7. The number of anilines is 1. The molecule has 0 aliphatic rings. The molecular weight excluding hydrogens is 410 g/mol. The first-order valence-corrected chi connectivity index (χ1v) is 10.7. The molecule has 0 unspecified atom stereocenters. The van der Waals surface area contributed by atoms with E-state index < -0.39 is 10.0 Å². The van der Waals surface area contributed by atoms with Crippen molar-refractivity contribution in [3.63, 3.8) is 0 Å². The summed E-state index contributed by atoms with van der Waals surface area (Å²) >= 11 is 1.29. The van der Waals surface area contributed by atoms with Gasteiger partial charge in [-0.15, -0.1) is 11.3 Å². The summed E-state index contributed by atoms with van der Waals surface area (Å²) in [5.74, 6) is -0.488. The Morgan fingerprint density at radius 1 is 1.03 bits per heavy atom. The number of hydrogen-bond acceptors (Lipinski definition) is 7. The molecule has 4 aromatic rings. The lowest BCUT2D eigenvalue weighted by molar-refractivity contribution is 0.102. The lowest BCUT2D eigenvalue weighted by Crippen LogP contribution is -2.11. The van der Waals surface area contributed by atoms with Crippen molar-refractivity contribution in [2.75, 3.05) is 5.32 Å². The van der Waals surface area contributed by atoms with E-state index in [1.165, 1.54) is 41.8 Å². The first-order valence-electron chi connectivity index (χ1n) is 8.45. The number of carbonyl (C=O) groups excluding carboxylic acids is 1. The van der Waals surface area contributed by atoms with Gasteiger partial charge in [-0.3, -0.25) is 9.52 Å². The molecule has 0 atom stereocenters. The molecule has 0 aliphatic heterocycles. The second-order valence-corrected chi connectivity index (χ2v) is 8.66. The third-order valence-corrected chi connectivity index (χ3v) is 6.19. The highest BCUT2D eigenvalue weighted by Crippen LogP contribution is 2.26. The van der Waals surface area contributed by atoms with E-state index in [0.717, 1.165) is 10.2 Å². The van der Waals surface area contributed by atoms with Crippen molar-refractivity contribution < 1.29 is 13.2 Å². The molecule has 1 amide bonds. The molecule has 0 fully saturated rings. The van der Waals surface area contributed by atoms with Gasteiger partial charge >= 0.3 is 0 Å². The van der Waals surface area contributed by atoms with Crippen molar-refractivity contribution in [2.45, 2.75) is 11.8 Å². The van der Waals surface area contributed by atoms with Gasteiger partial charge in [-0.1, -0.05) is 18.2 Å². The number of carbonyl (C=O) groups is 1. The highest BCUT2D eigenvalue weighted by Gasteiger charge is 2.14. The number of sulfonamides is 1. The molecule has 29 heavy (non-hydrogen) atoms. The molecule has 0 radical (unpaired) electrons. The Kier molecular flexibility index (Phi) is 4.95. The zero-order chi connectivity index (χ0) is 20.4. The number of amides is 1. The summed E-state index contributed by atoms with van der Waals surface area (Å²) in [6, 6.07) is 14.8. The third kappa shape index (κ3) is 4.23. The van der Waals surface area contributed by atoms with E-state index in [9.17, 15) is 13.2 Å². The monoisotopic (exact) mass is 424 g/mol. The van der Waals surface area contributed by atoms with Crippen LogP contribution >= 0.6 is 11.3 Å². The van der Waals surface area contributed by atoms with Crippen molar-refractivity contribution in [1.29, 1.82) is 0 Å². The molecule has 0 bridgehead atoms. The molecule has 146 valence electrons. The standard InChI is InChI=1S/C19H15N5O3S2/c1-12-10-11-20-19(21-12)24-29(26,27)14-8-6-13(7-9-14)22-17(25)18-23-15-4-2-3-5-16(15)28-18/h2-11H,1H3,(H2,20,21,22,24,25)/p-1. The first kappa shape index (κ1) is 19.0. The van der Waals surface area contributed by atoms with Crippen LogP contribution in [0.4, 0.5) is 11.6 Å². The molecule has 8 nitrogen and oxygen atoms in total. The van der Waals surface area contributed by atoms with Crippen LogP contribution in [0, 0.1) is 6.92 Å². The normalized spacial score (nSPS) is 11.3. The minimum absolute atomic E-state index is 0.0272. The average Bonchev–Trinajstić information content (AvgIpc) is 3.12. The van der Waals surface area contributed by atoms with Crippen LogP contribution in [-0.2, 0) is 10.0 Å². The Morgan fingerprint density at radius 2 is 1.79 bits per heavy atom. The van der Waals surface area contributed by atoms with E-state index >= 15 is 0 Å². The summed E-state index contributed by atoms with van der Waals surface area (Å²) < 4.78 is 29.4. The van der Waals surface area contributed by atoms with Crippen LogP contribution < -0.4 is 5.32 Å². The molecule has 2 aromatic heterocycles. The van der Waals surface area contributed by atoms with Crippen LogP contribution in [0.3, 0.4) is 0 Å². The number of nitrogens with one attached hydrogen (secondary N) is 1. The van der Waals surface area contributed by atoms with Crippen LogP contribution in [0.1, 0.15) is 15.5 Å². The van der Waals surface area contributed by atoms with Crippen LogP contribution in [-0.4, -0.2) is 29.3 Å². The van der Waals surface area contributed by atoms with Crippen LogP contribution in [0.15, 0.2) is 65.7 Å². The Balaban J connectivity index is 1.49. The summed E-state index contributed by atoms with van der Waals surface area (Å²) in [7, 11) is -3.97. The Bertz CT molecular complexity index is 1270. The van der Waals surface area contributed by atoms with Crippen molar-refractivity contribution >= 4 is 49.1 Å².